The molecule has 0 aromatic rings. The average molecular weight is 315 g/mol. The van der Waals surface area contributed by atoms with Crippen LogP contribution >= 0.6 is 12.4 Å². The highest BCUT2D eigenvalue weighted by molar-refractivity contribution is 5.85. The molecule has 20 heavy (non-hydrogen) atoms. The average Bonchev–Trinajstić information content (AvgIpc) is 3.19. The second kappa shape index (κ2) is 6.98. The number of hydrogen-bond donors (Lipinski definition) is 2. The Bertz CT molecular complexity index is 334. The minimum Gasteiger partial charge on any atom is -0.352 e. The SMILES string of the molecule is Cl.NCC(NC(=O)C1CCCCC1C(F)(F)F)C1CC1. The van der Waals surface area contributed by atoms with E-state index in [9.17, 15) is 18.0 Å². The van der Waals surface area contributed by atoms with Crippen molar-refractivity contribution in [3.8, 4) is 0 Å². The van der Waals surface area contributed by atoms with E-state index in [0.29, 0.717) is 31.7 Å². The molecule has 0 spiro atoms. The predicted molar refractivity (Wildman–Crippen MR) is 72.5 cm³/mol. The third-order valence-electron chi connectivity index (χ3n) is 4.30. The second-order valence-corrected chi connectivity index (χ2v) is 5.73. The molecular formula is C13H22ClF3N2O. The van der Waals surface area contributed by atoms with Gasteiger partial charge in [-0.2, -0.15) is 13.2 Å². The van der Waals surface area contributed by atoms with Crippen LogP contribution in [0.5, 0.6) is 0 Å². The van der Waals surface area contributed by atoms with Crippen molar-refractivity contribution < 1.29 is 18.0 Å². The van der Waals surface area contributed by atoms with Crippen LogP contribution in [0.4, 0.5) is 13.2 Å². The van der Waals surface area contributed by atoms with Crippen molar-refractivity contribution in [3.63, 3.8) is 0 Å². The van der Waals surface area contributed by atoms with Crippen molar-refractivity contribution in [2.75, 3.05) is 6.54 Å². The fourth-order valence-corrected chi connectivity index (χ4v) is 2.99. The first kappa shape index (κ1) is 17.6. The summed E-state index contributed by atoms with van der Waals surface area (Å²) in [6, 6.07) is -0.150. The Morgan fingerprint density at radius 1 is 1.20 bits per heavy atom. The largest absolute Gasteiger partial charge is 0.392 e. The van der Waals surface area contributed by atoms with Crippen LogP contribution in [0.25, 0.3) is 0 Å². The number of carbonyl (C=O) groups excluding carboxylic acids is 1. The van der Waals surface area contributed by atoms with Crippen molar-refractivity contribution in [3.05, 3.63) is 0 Å². The highest BCUT2D eigenvalue weighted by atomic mass is 35.5. The van der Waals surface area contributed by atoms with Gasteiger partial charge in [-0.15, -0.1) is 12.4 Å². The van der Waals surface area contributed by atoms with Gasteiger partial charge in [-0.05, 0) is 31.6 Å². The molecule has 0 bridgehead atoms. The van der Waals surface area contributed by atoms with Crippen LogP contribution in [0.1, 0.15) is 38.5 Å². The first-order chi connectivity index (χ1) is 8.93. The Hall–Kier alpha value is -0.490. The minimum absolute atomic E-state index is 0. The summed E-state index contributed by atoms with van der Waals surface area (Å²) in [6.45, 7) is 0.305. The Labute approximate surface area is 123 Å². The Kier molecular flexibility index (Phi) is 6.13. The van der Waals surface area contributed by atoms with Gasteiger partial charge in [0.05, 0.1) is 5.92 Å². The maximum Gasteiger partial charge on any atom is 0.392 e. The molecule has 2 aliphatic carbocycles. The summed E-state index contributed by atoms with van der Waals surface area (Å²) < 4.78 is 38.8. The summed E-state index contributed by atoms with van der Waals surface area (Å²) >= 11 is 0. The van der Waals surface area contributed by atoms with Crippen LogP contribution in [-0.4, -0.2) is 24.7 Å². The lowest BCUT2D eigenvalue weighted by Crippen LogP contribution is -2.48. The third-order valence-corrected chi connectivity index (χ3v) is 4.30. The highest BCUT2D eigenvalue weighted by Gasteiger charge is 2.48. The van der Waals surface area contributed by atoms with E-state index in [4.69, 9.17) is 5.73 Å². The van der Waals surface area contributed by atoms with E-state index in [-0.39, 0.29) is 24.9 Å². The smallest absolute Gasteiger partial charge is 0.352 e. The molecule has 3 unspecified atom stereocenters. The van der Waals surface area contributed by atoms with Crippen molar-refractivity contribution in [2.24, 2.45) is 23.5 Å². The van der Waals surface area contributed by atoms with E-state index in [0.717, 1.165) is 12.8 Å². The lowest BCUT2D eigenvalue weighted by molar-refractivity contribution is -0.198. The van der Waals surface area contributed by atoms with Gasteiger partial charge in [0.1, 0.15) is 0 Å². The van der Waals surface area contributed by atoms with E-state index >= 15 is 0 Å². The number of hydrogen-bond acceptors (Lipinski definition) is 2. The zero-order chi connectivity index (χ0) is 14.0. The molecule has 7 heteroatoms. The molecular weight excluding hydrogens is 293 g/mol. The van der Waals surface area contributed by atoms with E-state index < -0.39 is 23.9 Å². The van der Waals surface area contributed by atoms with Gasteiger partial charge < -0.3 is 11.1 Å². The number of carbonyl (C=O) groups is 1. The van der Waals surface area contributed by atoms with Gasteiger partial charge in [0, 0.05) is 18.5 Å². The molecule has 3 N–H and O–H groups in total. The Balaban J connectivity index is 0.00000200. The third kappa shape index (κ3) is 4.25. The van der Waals surface area contributed by atoms with E-state index in [2.05, 4.69) is 5.32 Å². The lowest BCUT2D eigenvalue weighted by atomic mass is 9.78. The van der Waals surface area contributed by atoms with Gasteiger partial charge in [-0.1, -0.05) is 12.8 Å². The second-order valence-electron chi connectivity index (χ2n) is 5.73. The fourth-order valence-electron chi connectivity index (χ4n) is 2.99. The maximum atomic E-state index is 12.9. The molecule has 2 fully saturated rings. The van der Waals surface area contributed by atoms with Crippen molar-refractivity contribution >= 4 is 18.3 Å². The van der Waals surface area contributed by atoms with Crippen LogP contribution in [0.3, 0.4) is 0 Å². The fraction of sp³-hybridized carbons (Fsp3) is 0.923. The topological polar surface area (TPSA) is 55.1 Å². The molecule has 2 saturated carbocycles. The molecule has 0 radical (unpaired) electrons. The van der Waals surface area contributed by atoms with Crippen LogP contribution in [0, 0.1) is 17.8 Å². The number of nitrogens with two attached hydrogens (primary N) is 1. The molecule has 0 aromatic carbocycles. The van der Waals surface area contributed by atoms with Crippen LogP contribution in [0.15, 0.2) is 0 Å². The van der Waals surface area contributed by atoms with Gasteiger partial charge in [0.25, 0.3) is 0 Å². The molecule has 3 nitrogen and oxygen atoms in total. The molecule has 0 heterocycles. The number of nitrogens with one attached hydrogen (secondary N) is 1. The van der Waals surface area contributed by atoms with Crippen molar-refractivity contribution in [1.29, 1.82) is 0 Å². The standard InChI is InChI=1S/C13H21F3N2O.ClH/c14-13(15,16)10-4-2-1-3-9(10)12(19)18-11(7-17)8-5-6-8;/h8-11H,1-7,17H2,(H,18,19);1H. The maximum absolute atomic E-state index is 12.9. The Morgan fingerprint density at radius 2 is 1.80 bits per heavy atom. The summed E-state index contributed by atoms with van der Waals surface area (Å²) in [5.41, 5.74) is 5.58. The summed E-state index contributed by atoms with van der Waals surface area (Å²) in [5.74, 6) is -2.51. The first-order valence-electron chi connectivity index (χ1n) is 7.00. The molecule has 2 aliphatic rings. The molecule has 118 valence electrons. The molecule has 0 aliphatic heterocycles. The van der Waals surface area contributed by atoms with E-state index in [1.807, 2.05) is 0 Å². The van der Waals surface area contributed by atoms with Crippen LogP contribution in [-0.2, 0) is 4.79 Å². The van der Waals surface area contributed by atoms with Crippen molar-refractivity contribution in [1.82, 2.24) is 5.32 Å². The number of alkyl halides is 3. The van der Waals surface area contributed by atoms with Crippen LogP contribution in [0.2, 0.25) is 0 Å². The zero-order valence-corrected chi connectivity index (χ0v) is 12.1. The molecule has 0 aromatic heterocycles. The normalized spacial score (nSPS) is 28.4. The molecule has 1 amide bonds. The molecule has 2 rings (SSSR count). The summed E-state index contributed by atoms with van der Waals surface area (Å²) in [4.78, 5) is 12.1. The number of halogens is 4. The predicted octanol–water partition coefficient (Wildman–Crippen LogP) is 2.63. The molecule has 0 saturated heterocycles. The number of rotatable bonds is 4. The monoisotopic (exact) mass is 314 g/mol. The number of amides is 1. The van der Waals surface area contributed by atoms with E-state index in [1.165, 1.54) is 0 Å². The van der Waals surface area contributed by atoms with Crippen molar-refractivity contribution in [2.45, 2.75) is 50.7 Å². The first-order valence-corrected chi connectivity index (χ1v) is 7.00. The quantitative estimate of drug-likeness (QED) is 0.838. The van der Waals surface area contributed by atoms with Gasteiger partial charge >= 0.3 is 6.18 Å². The molecule has 3 atom stereocenters. The van der Waals surface area contributed by atoms with Crippen LogP contribution < -0.4 is 11.1 Å². The summed E-state index contributed by atoms with van der Waals surface area (Å²) in [7, 11) is 0. The summed E-state index contributed by atoms with van der Waals surface area (Å²) in [5, 5.41) is 2.74. The van der Waals surface area contributed by atoms with Gasteiger partial charge in [0.2, 0.25) is 5.91 Å². The van der Waals surface area contributed by atoms with Gasteiger partial charge in [-0.3, -0.25) is 4.79 Å². The highest BCUT2D eigenvalue weighted by Crippen LogP contribution is 2.42. The Morgan fingerprint density at radius 3 is 2.30 bits per heavy atom. The summed E-state index contributed by atoms with van der Waals surface area (Å²) in [6.07, 6.45) is -0.611. The van der Waals surface area contributed by atoms with Gasteiger partial charge in [-0.25, -0.2) is 0 Å². The van der Waals surface area contributed by atoms with Gasteiger partial charge in [0.15, 0.2) is 0 Å². The zero-order valence-electron chi connectivity index (χ0n) is 11.3. The minimum atomic E-state index is -4.28. The van der Waals surface area contributed by atoms with E-state index in [1.54, 1.807) is 0 Å². The lowest BCUT2D eigenvalue weighted by Gasteiger charge is -2.33.